The number of nitrogens with zero attached hydrogens (tertiary/aromatic N) is 1. The van der Waals surface area contributed by atoms with Crippen molar-refractivity contribution < 1.29 is 22.4 Å². The Bertz CT molecular complexity index is 593. The predicted molar refractivity (Wildman–Crippen MR) is 98.9 cm³/mol. The lowest BCUT2D eigenvalue weighted by Gasteiger charge is -2.13. The number of halogens is 5. The summed E-state index contributed by atoms with van der Waals surface area (Å²) < 4.78 is 49.5. The fraction of sp³-hybridized carbons (Fsp3) is 0.467. The molecule has 0 bridgehead atoms. The third-order valence-electron chi connectivity index (χ3n) is 3.06. The lowest BCUT2D eigenvalue weighted by atomic mass is 10.1. The van der Waals surface area contributed by atoms with Crippen molar-refractivity contribution in [3.05, 3.63) is 35.1 Å². The molecule has 0 saturated heterocycles. The van der Waals surface area contributed by atoms with Crippen molar-refractivity contribution in [2.75, 3.05) is 26.7 Å². The summed E-state index contributed by atoms with van der Waals surface area (Å²) >= 11 is 0. The maximum absolute atomic E-state index is 13.4. The molecule has 142 valence electrons. The van der Waals surface area contributed by atoms with Crippen molar-refractivity contribution in [3.63, 3.8) is 0 Å². The summed E-state index contributed by atoms with van der Waals surface area (Å²) in [4.78, 5) is 15.6. The number of aryl methyl sites for hydroxylation is 1. The molecule has 0 unspecified atom stereocenters. The quantitative estimate of drug-likeness (QED) is 0.195. The Balaban J connectivity index is 0.00000576. The Morgan fingerprint density at radius 3 is 2.28 bits per heavy atom. The first-order valence-corrected chi connectivity index (χ1v) is 7.28. The van der Waals surface area contributed by atoms with Crippen molar-refractivity contribution >= 4 is 35.8 Å². The second-order valence-electron chi connectivity index (χ2n) is 5.01. The van der Waals surface area contributed by atoms with Gasteiger partial charge in [-0.3, -0.25) is 9.79 Å². The zero-order chi connectivity index (χ0) is 18.2. The van der Waals surface area contributed by atoms with Gasteiger partial charge in [0.25, 0.3) is 5.91 Å². The van der Waals surface area contributed by atoms with Gasteiger partial charge < -0.3 is 16.0 Å². The molecule has 0 atom stereocenters. The third-order valence-corrected chi connectivity index (χ3v) is 3.06. The van der Waals surface area contributed by atoms with Crippen LogP contribution >= 0.6 is 24.0 Å². The molecule has 0 saturated carbocycles. The molecule has 5 nitrogen and oxygen atoms in total. The number of benzene rings is 1. The van der Waals surface area contributed by atoms with Gasteiger partial charge >= 0.3 is 6.18 Å². The van der Waals surface area contributed by atoms with E-state index in [9.17, 15) is 22.4 Å². The van der Waals surface area contributed by atoms with Crippen LogP contribution < -0.4 is 16.0 Å². The molecule has 1 aromatic carbocycles. The van der Waals surface area contributed by atoms with Gasteiger partial charge in [0.05, 0.1) is 6.42 Å². The van der Waals surface area contributed by atoms with E-state index in [4.69, 9.17) is 0 Å². The first kappa shape index (κ1) is 23.4. The molecule has 0 heterocycles. The zero-order valence-electron chi connectivity index (χ0n) is 13.8. The van der Waals surface area contributed by atoms with E-state index >= 15 is 0 Å². The Kier molecular flexibility index (Phi) is 10.4. The summed E-state index contributed by atoms with van der Waals surface area (Å²) in [5.74, 6) is -0.694. The number of amides is 1. The summed E-state index contributed by atoms with van der Waals surface area (Å²) in [5.41, 5.74) is 0.646. The van der Waals surface area contributed by atoms with Crippen molar-refractivity contribution in [2.45, 2.75) is 19.5 Å². The number of hydrogen-bond acceptors (Lipinski definition) is 2. The molecule has 25 heavy (non-hydrogen) atoms. The minimum atomic E-state index is -4.23. The van der Waals surface area contributed by atoms with E-state index in [0.29, 0.717) is 5.56 Å². The number of rotatable bonds is 6. The lowest BCUT2D eigenvalue weighted by molar-refractivity contribution is -0.132. The number of carbonyl (C=O) groups is 1. The van der Waals surface area contributed by atoms with Crippen LogP contribution in [-0.2, 0) is 0 Å². The second-order valence-corrected chi connectivity index (χ2v) is 5.01. The van der Waals surface area contributed by atoms with Crippen LogP contribution in [0.1, 0.15) is 22.3 Å². The van der Waals surface area contributed by atoms with Gasteiger partial charge in [0, 0.05) is 32.2 Å². The van der Waals surface area contributed by atoms with Gasteiger partial charge in [0.1, 0.15) is 5.82 Å². The maximum Gasteiger partial charge on any atom is 0.390 e. The molecule has 0 fully saturated rings. The molecular formula is C15H21F4IN4O. The van der Waals surface area contributed by atoms with Crippen LogP contribution in [0.3, 0.4) is 0 Å². The molecule has 1 rings (SSSR count). The third kappa shape index (κ3) is 9.46. The molecule has 0 aliphatic carbocycles. The number of hydrogen-bond donors (Lipinski definition) is 3. The van der Waals surface area contributed by atoms with E-state index in [2.05, 4.69) is 20.9 Å². The molecule has 3 N–H and O–H groups in total. The molecule has 0 radical (unpaired) electrons. The molecule has 1 aromatic rings. The number of aliphatic imine (C=N–C) groups is 1. The summed E-state index contributed by atoms with van der Waals surface area (Å²) in [6.45, 7) is 1.76. The predicted octanol–water partition coefficient (Wildman–Crippen LogP) is 2.60. The average molecular weight is 476 g/mol. The van der Waals surface area contributed by atoms with E-state index in [1.807, 2.05) is 0 Å². The van der Waals surface area contributed by atoms with Gasteiger partial charge in [0.15, 0.2) is 5.96 Å². The van der Waals surface area contributed by atoms with Gasteiger partial charge in [-0.1, -0.05) is 6.07 Å². The van der Waals surface area contributed by atoms with Crippen LogP contribution in [0.4, 0.5) is 17.6 Å². The fourth-order valence-electron chi connectivity index (χ4n) is 1.74. The minimum absolute atomic E-state index is 0. The van der Waals surface area contributed by atoms with Crippen molar-refractivity contribution in [1.29, 1.82) is 0 Å². The van der Waals surface area contributed by atoms with Crippen LogP contribution in [-0.4, -0.2) is 44.7 Å². The maximum atomic E-state index is 13.4. The van der Waals surface area contributed by atoms with Gasteiger partial charge in [-0.2, -0.15) is 13.2 Å². The molecule has 0 aliphatic rings. The largest absolute Gasteiger partial charge is 0.390 e. The standard InChI is InChI=1S/C15H20F4N4O.HI/c1-10-3-4-11(9-12(10)16)13(24)21-7-8-23-14(20-2)22-6-5-15(17,18)19;/h3-4,9H,5-8H2,1-2H3,(H,21,24)(H2,20,22,23);1H. The Hall–Kier alpha value is -1.59. The zero-order valence-corrected chi connectivity index (χ0v) is 16.2. The van der Waals surface area contributed by atoms with Gasteiger partial charge in [-0.25, -0.2) is 4.39 Å². The summed E-state index contributed by atoms with van der Waals surface area (Å²) in [5, 5.41) is 7.86. The van der Waals surface area contributed by atoms with Crippen LogP contribution in [0.25, 0.3) is 0 Å². The fourth-order valence-corrected chi connectivity index (χ4v) is 1.74. The highest BCUT2D eigenvalue weighted by Crippen LogP contribution is 2.18. The topological polar surface area (TPSA) is 65.5 Å². The molecule has 10 heteroatoms. The molecular weight excluding hydrogens is 455 g/mol. The Morgan fingerprint density at radius 2 is 1.72 bits per heavy atom. The van der Waals surface area contributed by atoms with Gasteiger partial charge in [-0.05, 0) is 24.6 Å². The van der Waals surface area contributed by atoms with E-state index in [1.165, 1.54) is 19.2 Å². The lowest BCUT2D eigenvalue weighted by Crippen LogP contribution is -2.42. The smallest absolute Gasteiger partial charge is 0.356 e. The van der Waals surface area contributed by atoms with Crippen molar-refractivity contribution in [1.82, 2.24) is 16.0 Å². The van der Waals surface area contributed by atoms with Gasteiger partial charge in [-0.15, -0.1) is 24.0 Å². The van der Waals surface area contributed by atoms with Crippen LogP contribution in [0.15, 0.2) is 23.2 Å². The molecule has 0 aromatic heterocycles. The monoisotopic (exact) mass is 476 g/mol. The highest BCUT2D eigenvalue weighted by molar-refractivity contribution is 14.0. The first-order valence-electron chi connectivity index (χ1n) is 7.28. The highest BCUT2D eigenvalue weighted by atomic mass is 127. The number of nitrogens with one attached hydrogen (secondary N) is 3. The molecule has 1 amide bonds. The van der Waals surface area contributed by atoms with E-state index in [0.717, 1.165) is 6.07 Å². The highest BCUT2D eigenvalue weighted by Gasteiger charge is 2.26. The summed E-state index contributed by atoms with van der Waals surface area (Å²) in [6.07, 6.45) is -5.20. The molecule has 0 aliphatic heterocycles. The summed E-state index contributed by atoms with van der Waals surface area (Å²) in [6, 6.07) is 4.17. The van der Waals surface area contributed by atoms with Crippen molar-refractivity contribution in [3.8, 4) is 0 Å². The Labute approximate surface area is 160 Å². The number of carbonyl (C=O) groups excluding carboxylic acids is 1. The first-order chi connectivity index (χ1) is 11.2. The van der Waals surface area contributed by atoms with Crippen molar-refractivity contribution in [2.24, 2.45) is 4.99 Å². The van der Waals surface area contributed by atoms with Crippen LogP contribution in [0.2, 0.25) is 0 Å². The van der Waals surface area contributed by atoms with E-state index in [-0.39, 0.29) is 55.1 Å². The Morgan fingerprint density at radius 1 is 1.12 bits per heavy atom. The minimum Gasteiger partial charge on any atom is -0.356 e. The number of guanidine groups is 1. The average Bonchev–Trinajstić information content (AvgIpc) is 2.50. The normalized spacial score (nSPS) is 11.5. The van der Waals surface area contributed by atoms with Crippen LogP contribution in [0, 0.1) is 12.7 Å². The van der Waals surface area contributed by atoms with E-state index < -0.39 is 24.3 Å². The SMILES string of the molecule is CN=C(NCCNC(=O)c1ccc(C)c(F)c1)NCCC(F)(F)F.I. The number of alkyl halides is 3. The van der Waals surface area contributed by atoms with E-state index in [1.54, 1.807) is 6.92 Å². The molecule has 0 spiro atoms. The van der Waals surface area contributed by atoms with Gasteiger partial charge in [0.2, 0.25) is 0 Å². The second kappa shape index (κ2) is 11.1. The summed E-state index contributed by atoms with van der Waals surface area (Å²) in [7, 11) is 1.43. The van der Waals surface area contributed by atoms with Crippen LogP contribution in [0.5, 0.6) is 0 Å².